The van der Waals surface area contributed by atoms with Gasteiger partial charge in [0, 0.05) is 27.2 Å². The molecule has 1 unspecified atom stereocenters. The molecule has 0 spiro atoms. The first-order valence-electron chi connectivity index (χ1n) is 5.83. The normalized spacial score (nSPS) is 12.1. The highest BCUT2D eigenvalue weighted by atomic mass is 19.1. The predicted octanol–water partition coefficient (Wildman–Crippen LogP) is 0.766. The van der Waals surface area contributed by atoms with Crippen molar-refractivity contribution in [1.82, 2.24) is 4.90 Å². The summed E-state index contributed by atoms with van der Waals surface area (Å²) in [5.74, 6) is -0.515. The van der Waals surface area contributed by atoms with Gasteiger partial charge in [-0.25, -0.2) is 4.39 Å². The smallest absolute Gasteiger partial charge is 0.253 e. The number of amides is 1. The average Bonchev–Trinajstić information content (AvgIpc) is 2.40. The molecule has 0 radical (unpaired) electrons. The predicted molar refractivity (Wildman–Crippen MR) is 69.3 cm³/mol. The van der Waals surface area contributed by atoms with Crippen LogP contribution in [0, 0.1) is 5.82 Å². The van der Waals surface area contributed by atoms with Crippen LogP contribution in [0.5, 0.6) is 5.75 Å². The van der Waals surface area contributed by atoms with Gasteiger partial charge in [-0.3, -0.25) is 4.79 Å². The van der Waals surface area contributed by atoms with E-state index in [1.165, 1.54) is 31.3 Å². The molecule has 0 aromatic heterocycles. The van der Waals surface area contributed by atoms with Crippen molar-refractivity contribution in [2.75, 3.05) is 27.8 Å². The molecule has 0 aliphatic carbocycles. The number of likely N-dealkylation sites (N-methyl/N-ethyl adjacent to an activating group) is 1. The molecule has 1 rings (SSSR count). The van der Waals surface area contributed by atoms with E-state index in [1.807, 2.05) is 0 Å². The summed E-state index contributed by atoms with van der Waals surface area (Å²) in [4.78, 5) is 13.4. The lowest BCUT2D eigenvalue weighted by molar-refractivity contribution is -0.140. The summed E-state index contributed by atoms with van der Waals surface area (Å²) in [7, 11) is 4.45. The molecule has 5 nitrogen and oxygen atoms in total. The number of hydrogen-bond donors (Lipinski definition) is 1. The molecule has 2 N–H and O–H groups in total. The lowest BCUT2D eigenvalue weighted by Crippen LogP contribution is -2.41. The zero-order chi connectivity index (χ0) is 14.4. The molecule has 0 aliphatic heterocycles. The number of rotatable bonds is 6. The van der Waals surface area contributed by atoms with Crippen LogP contribution in [0.25, 0.3) is 0 Å². The highest BCUT2D eigenvalue weighted by Crippen LogP contribution is 2.18. The summed E-state index contributed by atoms with van der Waals surface area (Å²) in [6, 6.07) is 4.57. The van der Waals surface area contributed by atoms with E-state index in [-0.39, 0.29) is 24.7 Å². The number of methoxy groups -OCH3 is 2. The van der Waals surface area contributed by atoms with Gasteiger partial charge in [0.25, 0.3) is 5.91 Å². The molecule has 1 aromatic rings. The minimum atomic E-state index is -0.673. The number of nitrogens with two attached hydrogens (primary N) is 1. The molecule has 1 atom stereocenters. The van der Waals surface area contributed by atoms with Crippen molar-refractivity contribution in [2.45, 2.75) is 12.6 Å². The van der Waals surface area contributed by atoms with Gasteiger partial charge < -0.3 is 20.1 Å². The van der Waals surface area contributed by atoms with Crippen molar-refractivity contribution in [3.8, 4) is 5.75 Å². The van der Waals surface area contributed by atoms with E-state index in [4.69, 9.17) is 15.2 Å². The molecule has 0 bridgehead atoms. The molecule has 1 aromatic carbocycles. The molecule has 0 fully saturated rings. The minimum Gasteiger partial charge on any atom is -0.494 e. The Bertz CT molecular complexity index is 436. The van der Waals surface area contributed by atoms with Gasteiger partial charge in [0.2, 0.25) is 0 Å². The third-order valence-electron chi connectivity index (χ3n) is 2.79. The maximum absolute atomic E-state index is 13.5. The monoisotopic (exact) mass is 270 g/mol. The fourth-order valence-electron chi connectivity index (χ4n) is 1.70. The SMILES string of the molecule is COc1ccc(CN(C)C(=O)C(CN)OC)cc1F. The number of halogens is 1. The first kappa shape index (κ1) is 15.4. The first-order valence-corrected chi connectivity index (χ1v) is 5.83. The number of nitrogens with zero attached hydrogens (tertiary/aromatic N) is 1. The Hall–Kier alpha value is -1.66. The van der Waals surface area contributed by atoms with E-state index >= 15 is 0 Å². The van der Waals surface area contributed by atoms with Gasteiger partial charge in [0.1, 0.15) is 6.10 Å². The quantitative estimate of drug-likeness (QED) is 0.829. The van der Waals surface area contributed by atoms with Crippen LogP contribution >= 0.6 is 0 Å². The minimum absolute atomic E-state index is 0.108. The number of carbonyl (C=O) groups is 1. The molecule has 0 aliphatic rings. The Kier molecular flexibility index (Phi) is 5.72. The second kappa shape index (κ2) is 7.06. The van der Waals surface area contributed by atoms with Crippen LogP contribution < -0.4 is 10.5 Å². The molecule has 106 valence electrons. The molecule has 0 heterocycles. The maximum Gasteiger partial charge on any atom is 0.253 e. The largest absolute Gasteiger partial charge is 0.494 e. The van der Waals surface area contributed by atoms with E-state index in [1.54, 1.807) is 13.1 Å². The van der Waals surface area contributed by atoms with E-state index in [0.717, 1.165) is 0 Å². The molecular weight excluding hydrogens is 251 g/mol. The molecule has 19 heavy (non-hydrogen) atoms. The second-order valence-corrected chi connectivity index (χ2v) is 4.12. The standard InChI is InChI=1S/C13H19FN2O3/c1-16(13(17)12(7-15)19-3)8-9-4-5-11(18-2)10(14)6-9/h4-6,12H,7-8,15H2,1-3H3. The number of hydrogen-bond acceptors (Lipinski definition) is 4. The third kappa shape index (κ3) is 3.90. The van der Waals surface area contributed by atoms with Crippen LogP contribution in [0.2, 0.25) is 0 Å². The van der Waals surface area contributed by atoms with Crippen LogP contribution in [0.1, 0.15) is 5.56 Å². The number of benzene rings is 1. The van der Waals surface area contributed by atoms with Crippen molar-refractivity contribution < 1.29 is 18.7 Å². The van der Waals surface area contributed by atoms with E-state index in [0.29, 0.717) is 5.56 Å². The van der Waals surface area contributed by atoms with Gasteiger partial charge in [0.05, 0.1) is 7.11 Å². The topological polar surface area (TPSA) is 64.8 Å². The Morgan fingerprint density at radius 3 is 2.63 bits per heavy atom. The van der Waals surface area contributed by atoms with Gasteiger partial charge in [-0.15, -0.1) is 0 Å². The van der Waals surface area contributed by atoms with Crippen LogP contribution in [0.4, 0.5) is 4.39 Å². The van der Waals surface area contributed by atoms with Crippen molar-refractivity contribution in [1.29, 1.82) is 0 Å². The van der Waals surface area contributed by atoms with Crippen LogP contribution in [0.3, 0.4) is 0 Å². The van der Waals surface area contributed by atoms with Crippen LogP contribution in [-0.2, 0) is 16.1 Å². The zero-order valence-corrected chi connectivity index (χ0v) is 11.4. The van der Waals surface area contributed by atoms with Crippen molar-refractivity contribution in [3.63, 3.8) is 0 Å². The fourth-order valence-corrected chi connectivity index (χ4v) is 1.70. The lowest BCUT2D eigenvalue weighted by atomic mass is 10.2. The summed E-state index contributed by atoms with van der Waals surface area (Å²) < 4.78 is 23.3. The summed E-state index contributed by atoms with van der Waals surface area (Å²) in [5.41, 5.74) is 6.10. The fraction of sp³-hybridized carbons (Fsp3) is 0.462. The van der Waals surface area contributed by atoms with Crippen molar-refractivity contribution in [2.24, 2.45) is 5.73 Å². The molecular formula is C13H19FN2O3. The third-order valence-corrected chi connectivity index (χ3v) is 2.79. The Morgan fingerprint density at radius 1 is 1.47 bits per heavy atom. The van der Waals surface area contributed by atoms with Crippen molar-refractivity contribution in [3.05, 3.63) is 29.6 Å². The van der Waals surface area contributed by atoms with Crippen LogP contribution in [-0.4, -0.2) is 44.7 Å². The number of carbonyl (C=O) groups excluding carboxylic acids is 1. The Balaban J connectivity index is 2.74. The number of ether oxygens (including phenoxy) is 2. The zero-order valence-electron chi connectivity index (χ0n) is 11.4. The summed E-state index contributed by atoms with van der Waals surface area (Å²) >= 11 is 0. The van der Waals surface area contributed by atoms with Crippen LogP contribution in [0.15, 0.2) is 18.2 Å². The average molecular weight is 270 g/mol. The molecule has 1 amide bonds. The highest BCUT2D eigenvalue weighted by molar-refractivity contribution is 5.80. The second-order valence-electron chi connectivity index (χ2n) is 4.12. The van der Waals surface area contributed by atoms with Crippen molar-refractivity contribution >= 4 is 5.91 Å². The van der Waals surface area contributed by atoms with Gasteiger partial charge in [-0.2, -0.15) is 0 Å². The van der Waals surface area contributed by atoms with Gasteiger partial charge in [-0.1, -0.05) is 6.07 Å². The Morgan fingerprint density at radius 2 is 2.16 bits per heavy atom. The summed E-state index contributed by atoms with van der Waals surface area (Å²) in [6.07, 6.45) is -0.673. The molecule has 6 heteroatoms. The van der Waals surface area contributed by atoms with E-state index < -0.39 is 11.9 Å². The first-order chi connectivity index (χ1) is 9.03. The van der Waals surface area contributed by atoms with Gasteiger partial charge >= 0.3 is 0 Å². The Labute approximate surface area is 112 Å². The summed E-state index contributed by atoms with van der Waals surface area (Å²) in [5, 5.41) is 0. The summed E-state index contributed by atoms with van der Waals surface area (Å²) in [6.45, 7) is 0.385. The van der Waals surface area contributed by atoms with E-state index in [2.05, 4.69) is 0 Å². The lowest BCUT2D eigenvalue weighted by Gasteiger charge is -2.22. The highest BCUT2D eigenvalue weighted by Gasteiger charge is 2.20. The molecule has 0 saturated heterocycles. The van der Waals surface area contributed by atoms with E-state index in [9.17, 15) is 9.18 Å². The molecule has 0 saturated carbocycles. The van der Waals surface area contributed by atoms with Gasteiger partial charge in [-0.05, 0) is 17.7 Å². The maximum atomic E-state index is 13.5. The van der Waals surface area contributed by atoms with Gasteiger partial charge in [0.15, 0.2) is 11.6 Å².